The number of hydrogen-bond acceptors (Lipinski definition) is 5. The van der Waals surface area contributed by atoms with E-state index >= 15 is 0 Å². The van der Waals surface area contributed by atoms with Crippen LogP contribution in [0.25, 0.3) is 11.1 Å². The SMILES string of the molecule is C=C(/C=C(\C=NC)C1=CC=C(C(C)(C)C)C=CC1)C(=O)NC1CCCCC1.CC.CC.CC(CCN)NC(=O)c1cncc(-c2ccc(C(C)(C)C)cc2)c1. The number of pyridine rings is 1. The first kappa shape index (κ1) is 48.7. The summed E-state index contributed by atoms with van der Waals surface area (Å²) in [5.41, 5.74) is 13.5. The second-order valence-corrected chi connectivity index (χ2v) is 15.7. The van der Waals surface area contributed by atoms with Crippen LogP contribution in [-0.4, -0.2) is 48.7 Å². The van der Waals surface area contributed by atoms with Crippen LogP contribution in [0.15, 0.2) is 107 Å². The second kappa shape index (κ2) is 24.9. The topological polar surface area (TPSA) is 109 Å². The van der Waals surface area contributed by atoms with Gasteiger partial charge in [-0.15, -0.1) is 0 Å². The van der Waals surface area contributed by atoms with Gasteiger partial charge >= 0.3 is 0 Å². The Balaban J connectivity index is 0.000000507. The average Bonchev–Trinajstić information content (AvgIpc) is 3.44. The van der Waals surface area contributed by atoms with Gasteiger partial charge in [0.05, 0.1) is 5.56 Å². The van der Waals surface area contributed by atoms with Crippen molar-refractivity contribution in [2.75, 3.05) is 13.6 Å². The molecule has 302 valence electrons. The molecule has 1 atom stereocenters. The third kappa shape index (κ3) is 17.3. The van der Waals surface area contributed by atoms with Gasteiger partial charge < -0.3 is 16.4 Å². The molecule has 7 nitrogen and oxygen atoms in total. The van der Waals surface area contributed by atoms with Crippen molar-refractivity contribution in [1.82, 2.24) is 15.6 Å². The molecule has 4 N–H and O–H groups in total. The van der Waals surface area contributed by atoms with Gasteiger partial charge in [0, 0.05) is 48.9 Å². The Labute approximate surface area is 334 Å². The number of carbonyl (C=O) groups is 2. The van der Waals surface area contributed by atoms with E-state index in [9.17, 15) is 9.59 Å². The summed E-state index contributed by atoms with van der Waals surface area (Å²) in [4.78, 5) is 33.3. The van der Waals surface area contributed by atoms with Crippen molar-refractivity contribution < 1.29 is 9.59 Å². The number of allylic oxidation sites excluding steroid dienone is 7. The lowest BCUT2D eigenvalue weighted by Gasteiger charge is -2.22. The molecule has 2 aliphatic rings. The largest absolute Gasteiger partial charge is 0.349 e. The van der Waals surface area contributed by atoms with Gasteiger partial charge in [-0.1, -0.05) is 144 Å². The minimum atomic E-state index is -0.114. The van der Waals surface area contributed by atoms with Gasteiger partial charge in [0.2, 0.25) is 0 Å². The number of aliphatic imine (C=N–C) groups is 1. The Morgan fingerprint density at radius 1 is 0.945 bits per heavy atom. The Bertz CT molecular complexity index is 1640. The molecule has 1 saturated carbocycles. The molecule has 0 spiro atoms. The maximum absolute atomic E-state index is 12.5. The quantitative estimate of drug-likeness (QED) is 0.128. The highest BCUT2D eigenvalue weighted by molar-refractivity contribution is 5.98. The molecule has 2 amide bonds. The van der Waals surface area contributed by atoms with E-state index in [0.29, 0.717) is 17.7 Å². The summed E-state index contributed by atoms with van der Waals surface area (Å²) >= 11 is 0. The van der Waals surface area contributed by atoms with Crippen molar-refractivity contribution in [1.29, 1.82) is 0 Å². The Kier molecular flexibility index (Phi) is 22.1. The smallest absolute Gasteiger partial charge is 0.253 e. The maximum atomic E-state index is 12.5. The van der Waals surface area contributed by atoms with E-state index in [1.54, 1.807) is 19.4 Å². The highest BCUT2D eigenvalue weighted by Gasteiger charge is 2.19. The van der Waals surface area contributed by atoms with Crippen molar-refractivity contribution in [3.63, 3.8) is 0 Å². The predicted molar refractivity (Wildman–Crippen MR) is 238 cm³/mol. The van der Waals surface area contributed by atoms with Crippen LogP contribution >= 0.6 is 0 Å². The summed E-state index contributed by atoms with van der Waals surface area (Å²) < 4.78 is 0. The molecule has 4 rings (SSSR count). The first-order chi connectivity index (χ1) is 26.1. The van der Waals surface area contributed by atoms with Gasteiger partial charge in [-0.2, -0.15) is 0 Å². The van der Waals surface area contributed by atoms with Gasteiger partial charge in [0.25, 0.3) is 11.8 Å². The van der Waals surface area contributed by atoms with Crippen LogP contribution < -0.4 is 16.4 Å². The molecular formula is C48H73N5O2. The predicted octanol–water partition coefficient (Wildman–Crippen LogP) is 11.0. The molecule has 7 heteroatoms. The van der Waals surface area contributed by atoms with E-state index in [1.807, 2.05) is 53.0 Å². The molecule has 1 aromatic heterocycles. The number of nitrogens with two attached hydrogens (primary N) is 1. The third-order valence-electron chi connectivity index (χ3n) is 9.23. The highest BCUT2D eigenvalue weighted by atomic mass is 16.2. The van der Waals surface area contributed by atoms with Crippen molar-refractivity contribution in [2.45, 2.75) is 139 Å². The summed E-state index contributed by atoms with van der Waals surface area (Å²) in [6, 6.07) is 10.6. The monoisotopic (exact) mass is 752 g/mol. The number of amides is 2. The van der Waals surface area contributed by atoms with Crippen LogP contribution in [0, 0.1) is 5.41 Å². The van der Waals surface area contributed by atoms with E-state index < -0.39 is 0 Å². The first-order valence-electron chi connectivity index (χ1n) is 20.4. The molecule has 1 fully saturated rings. The van der Waals surface area contributed by atoms with Crippen molar-refractivity contribution in [2.24, 2.45) is 16.1 Å². The molecule has 2 aromatic rings. The fourth-order valence-corrected chi connectivity index (χ4v) is 5.99. The lowest BCUT2D eigenvalue weighted by molar-refractivity contribution is -0.118. The maximum Gasteiger partial charge on any atom is 0.253 e. The number of aromatic nitrogens is 1. The Morgan fingerprint density at radius 2 is 1.58 bits per heavy atom. The van der Waals surface area contributed by atoms with Crippen LogP contribution in [0.5, 0.6) is 0 Å². The van der Waals surface area contributed by atoms with Gasteiger partial charge in [-0.25, -0.2) is 0 Å². The number of nitrogens with one attached hydrogen (secondary N) is 2. The normalized spacial score (nSPS) is 15.3. The Morgan fingerprint density at radius 3 is 2.15 bits per heavy atom. The van der Waals surface area contributed by atoms with Crippen molar-refractivity contribution in [3.05, 3.63) is 113 Å². The van der Waals surface area contributed by atoms with Crippen LogP contribution in [-0.2, 0) is 10.2 Å². The zero-order valence-corrected chi connectivity index (χ0v) is 36.3. The van der Waals surface area contributed by atoms with Crippen molar-refractivity contribution >= 4 is 18.0 Å². The molecule has 0 radical (unpaired) electrons. The fraction of sp³-hybridized carbons (Fsp3) is 0.500. The summed E-state index contributed by atoms with van der Waals surface area (Å²) in [6.45, 7) is 27.7. The lowest BCUT2D eigenvalue weighted by Crippen LogP contribution is -2.36. The molecular weight excluding hydrogens is 679 g/mol. The summed E-state index contributed by atoms with van der Waals surface area (Å²) in [5, 5.41) is 6.08. The van der Waals surface area contributed by atoms with Gasteiger partial charge in [-0.3, -0.25) is 19.6 Å². The number of benzene rings is 1. The number of carbonyl (C=O) groups excluding carboxylic acids is 2. The molecule has 0 bridgehead atoms. The average molecular weight is 752 g/mol. The molecule has 2 aliphatic carbocycles. The Hall–Kier alpha value is -4.36. The van der Waals surface area contributed by atoms with Crippen molar-refractivity contribution in [3.8, 4) is 11.1 Å². The molecule has 1 unspecified atom stereocenters. The molecule has 1 heterocycles. The van der Waals surface area contributed by atoms with E-state index in [1.165, 1.54) is 30.4 Å². The van der Waals surface area contributed by atoms with Gasteiger partial charge in [0.1, 0.15) is 0 Å². The van der Waals surface area contributed by atoms with E-state index in [2.05, 4.69) is 117 Å². The second-order valence-electron chi connectivity index (χ2n) is 15.7. The zero-order chi connectivity index (χ0) is 41.6. The van der Waals surface area contributed by atoms with Crippen LogP contribution in [0.4, 0.5) is 0 Å². The molecule has 55 heavy (non-hydrogen) atoms. The van der Waals surface area contributed by atoms with Gasteiger partial charge in [-0.05, 0) is 90.0 Å². The minimum absolute atomic E-state index is 0.0530. The standard InChI is InChI=1S/C24H34N2O.C20H27N3O.2C2H6/c1-18(23(27)26-22-12-7-6-8-13-22)16-20(17-25-5)19-10-9-11-21(15-14-19)24(2,3)4;1-14(9-10-21)23-19(24)17-11-16(12-22-13-17)15-5-7-18(8-6-15)20(2,3)4;2*1-2/h9,11,14-17,22H,1,6-8,10,12-13H2,2-5H3,(H,26,27);5-8,11-14H,9-10,21H2,1-4H3,(H,23,24);2*1-2H3/b20-16+,25-17?;;;. The number of nitrogens with zero attached hydrogens (tertiary/aromatic N) is 2. The summed E-state index contributed by atoms with van der Waals surface area (Å²) in [5.74, 6) is -0.184. The highest BCUT2D eigenvalue weighted by Crippen LogP contribution is 2.30. The van der Waals surface area contributed by atoms with Crippen LogP contribution in [0.1, 0.15) is 137 Å². The molecule has 0 aliphatic heterocycles. The van der Waals surface area contributed by atoms with E-state index in [0.717, 1.165) is 48.0 Å². The number of hydrogen-bond donors (Lipinski definition) is 3. The number of rotatable bonds is 10. The zero-order valence-electron chi connectivity index (χ0n) is 36.3. The van der Waals surface area contributed by atoms with Crippen LogP contribution in [0.2, 0.25) is 0 Å². The molecule has 1 aromatic carbocycles. The first-order valence-corrected chi connectivity index (χ1v) is 20.4. The lowest BCUT2D eigenvalue weighted by atomic mass is 9.86. The van der Waals surface area contributed by atoms with E-state index in [-0.39, 0.29) is 34.7 Å². The van der Waals surface area contributed by atoms with Gasteiger partial charge in [0.15, 0.2) is 0 Å². The fourth-order valence-electron chi connectivity index (χ4n) is 5.99. The minimum Gasteiger partial charge on any atom is -0.349 e. The van der Waals surface area contributed by atoms with Crippen LogP contribution in [0.3, 0.4) is 0 Å². The van der Waals surface area contributed by atoms with E-state index in [4.69, 9.17) is 5.73 Å². The summed E-state index contributed by atoms with van der Waals surface area (Å²) in [6.07, 6.45) is 23.1. The third-order valence-corrected chi connectivity index (χ3v) is 9.23. The summed E-state index contributed by atoms with van der Waals surface area (Å²) in [7, 11) is 1.75. The molecule has 0 saturated heterocycles.